The van der Waals surface area contributed by atoms with Crippen LogP contribution in [0.4, 0.5) is 4.39 Å². The Hall–Kier alpha value is -1.81. The smallest absolute Gasteiger partial charge is 0.338 e. The Bertz CT molecular complexity index is 611. The molecule has 2 aromatic carbocycles. The highest BCUT2D eigenvalue weighted by Crippen LogP contribution is 2.24. The fourth-order valence-corrected chi connectivity index (χ4v) is 2.65. The topological polar surface area (TPSA) is 37.3 Å². The quantitative estimate of drug-likeness (QED) is 0.853. The van der Waals surface area contributed by atoms with Gasteiger partial charge in [-0.2, -0.15) is 0 Å². The average molecular weight is 276 g/mol. The molecule has 0 atom stereocenters. The summed E-state index contributed by atoms with van der Waals surface area (Å²) >= 11 is 1.60. The summed E-state index contributed by atoms with van der Waals surface area (Å²) in [6.07, 6.45) is 0. The molecule has 19 heavy (non-hydrogen) atoms. The molecule has 2 aromatic rings. The molecule has 2 rings (SSSR count). The van der Waals surface area contributed by atoms with E-state index >= 15 is 0 Å². The molecule has 0 aromatic heterocycles. The molecule has 0 saturated carbocycles. The Morgan fingerprint density at radius 2 is 2.05 bits per heavy atom. The summed E-state index contributed by atoms with van der Waals surface area (Å²) in [5.74, 6) is -1.31. The van der Waals surface area contributed by atoms with Crippen molar-refractivity contribution >= 4 is 17.7 Å². The molecule has 0 saturated heterocycles. The van der Waals surface area contributed by atoms with Gasteiger partial charge in [-0.25, -0.2) is 9.18 Å². The number of hydrogen-bond acceptors (Lipinski definition) is 2. The van der Waals surface area contributed by atoms with Gasteiger partial charge in [-0.3, -0.25) is 0 Å². The van der Waals surface area contributed by atoms with E-state index < -0.39 is 11.8 Å². The van der Waals surface area contributed by atoms with Crippen molar-refractivity contribution in [1.82, 2.24) is 0 Å². The van der Waals surface area contributed by atoms with Gasteiger partial charge in [-0.15, -0.1) is 11.8 Å². The van der Waals surface area contributed by atoms with Crippen LogP contribution in [-0.4, -0.2) is 11.1 Å². The maximum atomic E-state index is 13.5. The lowest BCUT2D eigenvalue weighted by Crippen LogP contribution is -2.00. The molecular formula is C15H13FO2S. The highest BCUT2D eigenvalue weighted by molar-refractivity contribution is 7.98. The van der Waals surface area contributed by atoms with Gasteiger partial charge in [0, 0.05) is 10.6 Å². The zero-order valence-corrected chi connectivity index (χ0v) is 11.2. The highest BCUT2D eigenvalue weighted by atomic mass is 32.2. The lowest BCUT2D eigenvalue weighted by molar-refractivity contribution is 0.0692. The van der Waals surface area contributed by atoms with E-state index in [0.29, 0.717) is 5.75 Å². The van der Waals surface area contributed by atoms with E-state index in [2.05, 4.69) is 6.07 Å². The van der Waals surface area contributed by atoms with Crippen LogP contribution < -0.4 is 0 Å². The molecule has 0 fully saturated rings. The normalized spacial score (nSPS) is 10.4. The van der Waals surface area contributed by atoms with Crippen molar-refractivity contribution in [3.63, 3.8) is 0 Å². The minimum Gasteiger partial charge on any atom is -0.478 e. The number of carbonyl (C=O) groups is 1. The Balaban J connectivity index is 2.08. The molecule has 0 aliphatic rings. The first-order chi connectivity index (χ1) is 9.06. The molecule has 0 amide bonds. The number of hydrogen-bond donors (Lipinski definition) is 1. The van der Waals surface area contributed by atoms with Gasteiger partial charge in [0.1, 0.15) is 5.82 Å². The summed E-state index contributed by atoms with van der Waals surface area (Å²) in [6, 6.07) is 12.3. The summed E-state index contributed by atoms with van der Waals surface area (Å²) in [5, 5.41) is 8.75. The molecule has 0 spiro atoms. The Kier molecular flexibility index (Phi) is 4.22. The standard InChI is InChI=1S/C15H13FO2S/c1-10-3-2-4-12(7-10)19-9-11-5-6-13(15(17)18)14(16)8-11/h2-8H,9H2,1H3,(H,17,18). The minimum absolute atomic E-state index is 0.288. The maximum Gasteiger partial charge on any atom is 0.338 e. The molecule has 0 aliphatic heterocycles. The summed E-state index contributed by atoms with van der Waals surface area (Å²) in [4.78, 5) is 11.8. The number of carboxylic acids is 1. The maximum absolute atomic E-state index is 13.5. The molecule has 0 radical (unpaired) electrons. The van der Waals surface area contributed by atoms with E-state index in [1.807, 2.05) is 25.1 Å². The zero-order valence-electron chi connectivity index (χ0n) is 10.4. The van der Waals surface area contributed by atoms with Gasteiger partial charge in [0.05, 0.1) is 5.56 Å². The second-order valence-corrected chi connectivity index (χ2v) is 5.27. The number of thioether (sulfide) groups is 1. The van der Waals surface area contributed by atoms with E-state index in [1.165, 1.54) is 17.7 Å². The second-order valence-electron chi connectivity index (χ2n) is 4.22. The van der Waals surface area contributed by atoms with Crippen LogP contribution in [0, 0.1) is 12.7 Å². The second kappa shape index (κ2) is 5.89. The van der Waals surface area contributed by atoms with Crippen molar-refractivity contribution in [3.05, 3.63) is 65.0 Å². The summed E-state index contributed by atoms with van der Waals surface area (Å²) in [7, 11) is 0. The van der Waals surface area contributed by atoms with E-state index in [0.717, 1.165) is 10.5 Å². The van der Waals surface area contributed by atoms with E-state index in [9.17, 15) is 9.18 Å². The number of rotatable bonds is 4. The van der Waals surface area contributed by atoms with Crippen molar-refractivity contribution < 1.29 is 14.3 Å². The Labute approximate surface area is 115 Å². The van der Waals surface area contributed by atoms with Gasteiger partial charge in [-0.05, 0) is 36.8 Å². The molecule has 0 bridgehead atoms. The number of aromatic carboxylic acids is 1. The SMILES string of the molecule is Cc1cccc(SCc2ccc(C(=O)O)c(F)c2)c1. The van der Waals surface area contributed by atoms with Gasteiger partial charge in [-0.1, -0.05) is 23.8 Å². The third kappa shape index (κ3) is 3.58. The third-order valence-corrected chi connectivity index (χ3v) is 3.72. The predicted octanol–water partition coefficient (Wildman–Crippen LogP) is 4.12. The number of carboxylic acid groups (broad SMARTS) is 1. The minimum atomic E-state index is -1.24. The molecule has 0 unspecified atom stereocenters. The van der Waals surface area contributed by atoms with Crippen LogP contribution in [0.2, 0.25) is 0 Å². The molecule has 2 nitrogen and oxygen atoms in total. The first-order valence-corrected chi connectivity index (χ1v) is 6.76. The largest absolute Gasteiger partial charge is 0.478 e. The van der Waals surface area contributed by atoms with Crippen molar-refractivity contribution in [2.24, 2.45) is 0 Å². The lowest BCUT2D eigenvalue weighted by atomic mass is 10.1. The summed E-state index contributed by atoms with van der Waals surface area (Å²) in [6.45, 7) is 2.02. The summed E-state index contributed by atoms with van der Waals surface area (Å²) < 4.78 is 13.5. The fraction of sp³-hybridized carbons (Fsp3) is 0.133. The van der Waals surface area contributed by atoms with Crippen molar-refractivity contribution in [3.8, 4) is 0 Å². The Morgan fingerprint density at radius 3 is 2.68 bits per heavy atom. The number of aryl methyl sites for hydroxylation is 1. The average Bonchev–Trinajstić information content (AvgIpc) is 2.36. The van der Waals surface area contributed by atoms with E-state index in [1.54, 1.807) is 17.8 Å². The van der Waals surface area contributed by atoms with Gasteiger partial charge >= 0.3 is 5.97 Å². The van der Waals surface area contributed by atoms with Gasteiger partial charge in [0.25, 0.3) is 0 Å². The van der Waals surface area contributed by atoms with Gasteiger partial charge in [0.2, 0.25) is 0 Å². The van der Waals surface area contributed by atoms with Crippen LogP contribution in [0.1, 0.15) is 21.5 Å². The van der Waals surface area contributed by atoms with Crippen LogP contribution in [0.3, 0.4) is 0 Å². The summed E-state index contributed by atoms with van der Waals surface area (Å²) in [5.41, 5.74) is 1.66. The molecule has 1 N–H and O–H groups in total. The van der Waals surface area contributed by atoms with E-state index in [4.69, 9.17) is 5.11 Å². The lowest BCUT2D eigenvalue weighted by Gasteiger charge is -2.04. The van der Waals surface area contributed by atoms with Crippen LogP contribution in [0.15, 0.2) is 47.4 Å². The Morgan fingerprint density at radius 1 is 1.26 bits per heavy atom. The molecule has 98 valence electrons. The number of benzene rings is 2. The molecule has 4 heteroatoms. The third-order valence-electron chi connectivity index (χ3n) is 2.66. The first kappa shape index (κ1) is 13.6. The number of halogens is 1. The monoisotopic (exact) mass is 276 g/mol. The van der Waals surface area contributed by atoms with Gasteiger partial charge < -0.3 is 5.11 Å². The molecular weight excluding hydrogens is 263 g/mol. The van der Waals surface area contributed by atoms with Crippen molar-refractivity contribution in [2.75, 3.05) is 0 Å². The first-order valence-electron chi connectivity index (χ1n) is 5.77. The van der Waals surface area contributed by atoms with Crippen LogP contribution in [-0.2, 0) is 5.75 Å². The zero-order chi connectivity index (χ0) is 13.8. The highest BCUT2D eigenvalue weighted by Gasteiger charge is 2.10. The van der Waals surface area contributed by atoms with E-state index in [-0.39, 0.29) is 5.56 Å². The van der Waals surface area contributed by atoms with Crippen LogP contribution in [0.25, 0.3) is 0 Å². The fourth-order valence-electron chi connectivity index (χ4n) is 1.69. The van der Waals surface area contributed by atoms with Crippen molar-refractivity contribution in [1.29, 1.82) is 0 Å². The molecule has 0 heterocycles. The molecule has 0 aliphatic carbocycles. The van der Waals surface area contributed by atoms with Crippen LogP contribution in [0.5, 0.6) is 0 Å². The van der Waals surface area contributed by atoms with Gasteiger partial charge in [0.15, 0.2) is 0 Å². The predicted molar refractivity (Wildman–Crippen MR) is 74.1 cm³/mol. The van der Waals surface area contributed by atoms with Crippen LogP contribution >= 0.6 is 11.8 Å². The van der Waals surface area contributed by atoms with Crippen molar-refractivity contribution in [2.45, 2.75) is 17.6 Å².